The average molecular weight is 541 g/mol. The lowest BCUT2D eigenvalue weighted by Gasteiger charge is -2.61. The fourth-order valence-electron chi connectivity index (χ4n) is 10.2. The predicted octanol–water partition coefficient (Wildman–Crippen LogP) is 4.91. The van der Waals surface area contributed by atoms with Gasteiger partial charge < -0.3 is 19.6 Å². The monoisotopic (exact) mass is 540 g/mol. The van der Waals surface area contributed by atoms with Crippen molar-refractivity contribution in [1.82, 2.24) is 4.90 Å². The van der Waals surface area contributed by atoms with Gasteiger partial charge in [0.15, 0.2) is 0 Å². The van der Waals surface area contributed by atoms with Crippen LogP contribution in [0.15, 0.2) is 17.8 Å². The fraction of sp³-hybridized carbons (Fsp3) is 0.844. The van der Waals surface area contributed by atoms with Gasteiger partial charge in [0, 0.05) is 47.6 Å². The summed E-state index contributed by atoms with van der Waals surface area (Å²) >= 11 is 0. The van der Waals surface area contributed by atoms with E-state index < -0.39 is 29.1 Å². The van der Waals surface area contributed by atoms with E-state index >= 15 is 0 Å². The number of fused-ring (bicyclic) bond motifs is 2. The molecule has 11 atom stereocenters. The average Bonchev–Trinajstić information content (AvgIpc) is 3.59. The topological polar surface area (TPSA) is 88.4 Å². The van der Waals surface area contributed by atoms with Crippen molar-refractivity contribution in [3.63, 3.8) is 0 Å². The highest BCUT2D eigenvalue weighted by Crippen LogP contribution is 2.68. The van der Waals surface area contributed by atoms with Crippen LogP contribution in [0, 0.1) is 39.9 Å². The number of ether oxygens (including phenoxy) is 1. The molecule has 0 aromatic rings. The first-order valence-corrected chi connectivity index (χ1v) is 15.4. The summed E-state index contributed by atoms with van der Waals surface area (Å²) in [7, 11) is 2.23. The van der Waals surface area contributed by atoms with Crippen molar-refractivity contribution in [3.05, 3.63) is 12.7 Å². The largest absolute Gasteiger partial charge is 0.459 e. The number of aliphatic hydroxyl groups is 1. The van der Waals surface area contributed by atoms with Crippen LogP contribution < -0.4 is 0 Å². The molecule has 0 spiro atoms. The number of carbonyl (C=O) groups excluding carboxylic acids is 2. The van der Waals surface area contributed by atoms with Gasteiger partial charge in [-0.25, -0.2) is 4.79 Å². The summed E-state index contributed by atoms with van der Waals surface area (Å²) in [5.41, 5.74) is -0.434. The minimum absolute atomic E-state index is 0.0422. The number of oxime groups is 1. The summed E-state index contributed by atoms with van der Waals surface area (Å²) in [6.45, 7) is 12.7. The Morgan fingerprint density at radius 3 is 2.54 bits per heavy atom. The minimum Gasteiger partial charge on any atom is -0.459 e. The number of carbonyl (C=O) groups is 2. The number of hydrogen-bond donors (Lipinski definition) is 1. The van der Waals surface area contributed by atoms with Crippen molar-refractivity contribution in [2.45, 2.75) is 122 Å². The smallest absolute Gasteiger partial charge is 0.350 e. The highest BCUT2D eigenvalue weighted by atomic mass is 16.7. The number of rotatable bonds is 4. The molecular formula is C32H48N2O5. The fourth-order valence-corrected chi connectivity index (χ4v) is 10.2. The lowest BCUT2D eigenvalue weighted by molar-refractivity contribution is -0.211. The Labute approximate surface area is 233 Å². The van der Waals surface area contributed by atoms with E-state index in [0.29, 0.717) is 37.3 Å². The van der Waals surface area contributed by atoms with E-state index in [0.717, 1.165) is 37.8 Å². The van der Waals surface area contributed by atoms with Crippen LogP contribution in [0.25, 0.3) is 0 Å². The molecule has 3 aliphatic heterocycles. The van der Waals surface area contributed by atoms with Gasteiger partial charge in [-0.3, -0.25) is 4.79 Å². The van der Waals surface area contributed by atoms with Crippen LogP contribution in [0.5, 0.6) is 0 Å². The first kappa shape index (κ1) is 27.4. The van der Waals surface area contributed by atoms with Crippen LogP contribution in [0.3, 0.4) is 0 Å². The molecule has 4 bridgehead atoms. The second-order valence-corrected chi connectivity index (χ2v) is 14.6. The Balaban J connectivity index is 1.26. The second kappa shape index (κ2) is 9.40. The SMILES string of the molecule is C=C[C@]1(C)C[C@@H](OC(=O)C2CC(C3CC4CCC(C3)N4C)=NO2)[C@]2(C)C3C(=O)CC[C@@]3(CC[C@@H]2C)[C@@H](C)[C@@H]1O. The first-order chi connectivity index (χ1) is 18.4. The molecule has 3 saturated carbocycles. The van der Waals surface area contributed by atoms with Gasteiger partial charge in [-0.2, -0.15) is 0 Å². The zero-order valence-electron chi connectivity index (χ0n) is 24.5. The predicted molar refractivity (Wildman–Crippen MR) is 149 cm³/mol. The van der Waals surface area contributed by atoms with E-state index in [9.17, 15) is 14.7 Å². The summed E-state index contributed by atoms with van der Waals surface area (Å²) in [6.07, 6.45) is 8.69. The number of ketones is 1. The maximum atomic E-state index is 13.8. The van der Waals surface area contributed by atoms with Crippen molar-refractivity contribution in [2.24, 2.45) is 45.1 Å². The summed E-state index contributed by atoms with van der Waals surface area (Å²) in [5.74, 6) is 0.186. The Hall–Kier alpha value is -1.73. The Morgan fingerprint density at radius 1 is 1.18 bits per heavy atom. The highest BCUT2D eigenvalue weighted by Gasteiger charge is 2.68. The van der Waals surface area contributed by atoms with E-state index in [1.54, 1.807) is 0 Å². The Morgan fingerprint density at radius 2 is 1.87 bits per heavy atom. The molecule has 39 heavy (non-hydrogen) atoms. The van der Waals surface area contributed by atoms with Crippen LogP contribution in [-0.2, 0) is 19.2 Å². The van der Waals surface area contributed by atoms with E-state index in [1.807, 2.05) is 13.0 Å². The third kappa shape index (κ3) is 3.92. The van der Waals surface area contributed by atoms with Gasteiger partial charge in [0.25, 0.3) is 0 Å². The third-order valence-corrected chi connectivity index (χ3v) is 13.1. The van der Waals surface area contributed by atoms with Gasteiger partial charge in [0.1, 0.15) is 11.9 Å². The molecule has 4 unspecified atom stereocenters. The van der Waals surface area contributed by atoms with Crippen LogP contribution in [0.1, 0.15) is 91.9 Å². The number of Topliss-reactive ketones (excluding diaryl/α,β-unsaturated/α-hetero) is 1. The standard InChI is InChI=1S/C32H48N2O5/c1-7-30(4)17-26(31(5)18(2)10-12-32(19(3)28(30)36)13-11-24(35)27(31)32)38-29(37)25-16-23(33-39-25)20-14-21-8-9-22(15-20)34(21)6/h7,18-22,25-28,36H,1,8-17H2,2-6H3/t18-,19-,20?,21?,22?,25?,26+,27?,28-,30+,31+,32-/m0/s1. The molecule has 6 rings (SSSR count). The zero-order valence-corrected chi connectivity index (χ0v) is 24.5. The molecule has 3 aliphatic carbocycles. The second-order valence-electron chi connectivity index (χ2n) is 14.6. The molecule has 0 aromatic heterocycles. The molecule has 3 heterocycles. The zero-order chi connectivity index (χ0) is 27.9. The molecule has 5 fully saturated rings. The minimum atomic E-state index is -0.742. The molecular weight excluding hydrogens is 492 g/mol. The number of aliphatic hydroxyl groups excluding tert-OH is 1. The first-order valence-electron chi connectivity index (χ1n) is 15.4. The van der Waals surface area contributed by atoms with E-state index in [1.165, 1.54) is 12.8 Å². The van der Waals surface area contributed by atoms with Crippen molar-refractivity contribution in [1.29, 1.82) is 0 Å². The lowest BCUT2D eigenvalue weighted by Crippen LogP contribution is -2.63. The Bertz CT molecular complexity index is 1060. The van der Waals surface area contributed by atoms with E-state index in [-0.39, 0.29) is 34.9 Å². The summed E-state index contributed by atoms with van der Waals surface area (Å²) in [6, 6.07) is 1.19. The molecule has 0 radical (unpaired) electrons. The quantitative estimate of drug-likeness (QED) is 0.403. The normalized spacial score (nSPS) is 51.4. The van der Waals surface area contributed by atoms with Gasteiger partial charge in [-0.15, -0.1) is 6.58 Å². The van der Waals surface area contributed by atoms with Gasteiger partial charge >= 0.3 is 5.97 Å². The van der Waals surface area contributed by atoms with Crippen LogP contribution in [0.2, 0.25) is 0 Å². The number of nitrogens with zero attached hydrogens (tertiary/aromatic N) is 2. The third-order valence-electron chi connectivity index (χ3n) is 13.1. The van der Waals surface area contributed by atoms with E-state index in [2.05, 4.69) is 44.5 Å². The molecule has 7 heteroatoms. The van der Waals surface area contributed by atoms with Gasteiger partial charge in [0.2, 0.25) is 6.10 Å². The van der Waals surface area contributed by atoms with Crippen LogP contribution in [0.4, 0.5) is 0 Å². The van der Waals surface area contributed by atoms with Crippen LogP contribution in [-0.4, -0.2) is 64.9 Å². The summed E-state index contributed by atoms with van der Waals surface area (Å²) in [4.78, 5) is 35.6. The maximum absolute atomic E-state index is 13.8. The van der Waals surface area contributed by atoms with Crippen molar-refractivity contribution in [3.8, 4) is 0 Å². The molecule has 0 aromatic carbocycles. The molecule has 7 nitrogen and oxygen atoms in total. The summed E-state index contributed by atoms with van der Waals surface area (Å²) in [5, 5.41) is 16.2. The van der Waals surface area contributed by atoms with Gasteiger partial charge in [-0.1, -0.05) is 38.9 Å². The van der Waals surface area contributed by atoms with Crippen molar-refractivity contribution in [2.75, 3.05) is 7.05 Å². The van der Waals surface area contributed by atoms with Crippen molar-refractivity contribution >= 4 is 17.5 Å². The highest BCUT2D eigenvalue weighted by molar-refractivity contribution is 5.93. The molecule has 216 valence electrons. The maximum Gasteiger partial charge on any atom is 0.350 e. The molecule has 2 saturated heterocycles. The molecule has 0 amide bonds. The number of esters is 1. The summed E-state index contributed by atoms with van der Waals surface area (Å²) < 4.78 is 6.45. The van der Waals surface area contributed by atoms with Crippen LogP contribution >= 0.6 is 0 Å². The Kier molecular flexibility index (Phi) is 6.62. The van der Waals surface area contributed by atoms with E-state index in [4.69, 9.17) is 9.57 Å². The van der Waals surface area contributed by atoms with Gasteiger partial charge in [0.05, 0.1) is 11.8 Å². The number of piperidine rings is 1. The van der Waals surface area contributed by atoms with Gasteiger partial charge in [-0.05, 0) is 75.7 Å². The molecule has 6 aliphatic rings. The molecule has 1 N–H and O–H groups in total. The number of hydrogen-bond acceptors (Lipinski definition) is 7. The lowest BCUT2D eigenvalue weighted by atomic mass is 9.44. The van der Waals surface area contributed by atoms with Crippen molar-refractivity contribution < 1.29 is 24.3 Å².